The molecule has 0 unspecified atom stereocenters. The van der Waals surface area contributed by atoms with E-state index in [1.54, 1.807) is 41.0 Å². The first kappa shape index (κ1) is 19.0. The van der Waals surface area contributed by atoms with Crippen molar-refractivity contribution in [2.75, 3.05) is 11.5 Å². The van der Waals surface area contributed by atoms with Gasteiger partial charge in [0, 0.05) is 28.0 Å². The Hall–Kier alpha value is -1.76. The number of aromatic nitrogens is 2. The zero-order valence-electron chi connectivity index (χ0n) is 13.8. The van der Waals surface area contributed by atoms with Crippen molar-refractivity contribution in [3.63, 3.8) is 0 Å². The Kier molecular flexibility index (Phi) is 6.40. The maximum Gasteiger partial charge on any atom is 0.262 e. The predicted molar refractivity (Wildman–Crippen MR) is 109 cm³/mol. The van der Waals surface area contributed by atoms with Crippen LogP contribution in [0.3, 0.4) is 0 Å². The Bertz CT molecular complexity index is 1010. The Labute approximate surface area is 164 Å². The maximum atomic E-state index is 13.7. The summed E-state index contributed by atoms with van der Waals surface area (Å²) in [5, 5.41) is 1.62. The monoisotopic (exact) mass is 406 g/mol. The highest BCUT2D eigenvalue weighted by Crippen LogP contribution is 2.25. The number of rotatable bonds is 7. The summed E-state index contributed by atoms with van der Waals surface area (Å²) in [5.74, 6) is 1.18. The number of hydrogen-bond acceptors (Lipinski definition) is 4. The van der Waals surface area contributed by atoms with Crippen molar-refractivity contribution in [3.05, 3.63) is 76.3 Å². The second kappa shape index (κ2) is 8.75. The Morgan fingerprint density at radius 2 is 1.96 bits per heavy atom. The van der Waals surface area contributed by atoms with Crippen molar-refractivity contribution in [2.24, 2.45) is 0 Å². The molecule has 3 aromatic rings. The molecule has 0 amide bonds. The van der Waals surface area contributed by atoms with Crippen LogP contribution >= 0.6 is 35.1 Å². The second-order valence-electron chi connectivity index (χ2n) is 5.39. The Morgan fingerprint density at radius 3 is 2.73 bits per heavy atom. The van der Waals surface area contributed by atoms with Crippen LogP contribution in [0.25, 0.3) is 10.9 Å². The Balaban J connectivity index is 1.79. The minimum atomic E-state index is -0.216. The number of hydrogen-bond donors (Lipinski definition) is 0. The van der Waals surface area contributed by atoms with Gasteiger partial charge in [-0.1, -0.05) is 41.6 Å². The van der Waals surface area contributed by atoms with E-state index in [9.17, 15) is 9.18 Å². The molecular weight excluding hydrogens is 391 g/mol. The van der Waals surface area contributed by atoms with Crippen molar-refractivity contribution in [1.82, 2.24) is 9.55 Å². The van der Waals surface area contributed by atoms with Gasteiger partial charge in [-0.05, 0) is 30.3 Å². The molecule has 1 heterocycles. The van der Waals surface area contributed by atoms with Crippen LogP contribution in [0.5, 0.6) is 0 Å². The molecule has 0 bridgehead atoms. The van der Waals surface area contributed by atoms with Gasteiger partial charge in [-0.25, -0.2) is 9.37 Å². The van der Waals surface area contributed by atoms with E-state index in [1.807, 2.05) is 6.07 Å². The number of thioether (sulfide) groups is 2. The van der Waals surface area contributed by atoms with Gasteiger partial charge in [-0.3, -0.25) is 9.36 Å². The predicted octanol–water partition coefficient (Wildman–Crippen LogP) is 5.26. The minimum Gasteiger partial charge on any atom is -0.283 e. The topological polar surface area (TPSA) is 34.9 Å². The van der Waals surface area contributed by atoms with Gasteiger partial charge in [0.2, 0.25) is 0 Å². The van der Waals surface area contributed by atoms with E-state index >= 15 is 0 Å². The van der Waals surface area contributed by atoms with Gasteiger partial charge in [0.15, 0.2) is 5.16 Å². The molecule has 0 spiro atoms. The van der Waals surface area contributed by atoms with E-state index in [0.29, 0.717) is 44.0 Å². The first-order valence-corrected chi connectivity index (χ1v) is 10.3. The van der Waals surface area contributed by atoms with Gasteiger partial charge in [0.25, 0.3) is 5.56 Å². The average molecular weight is 407 g/mol. The first-order chi connectivity index (χ1) is 12.6. The largest absolute Gasteiger partial charge is 0.283 e. The lowest BCUT2D eigenvalue weighted by Crippen LogP contribution is -2.23. The van der Waals surface area contributed by atoms with Gasteiger partial charge in [0.1, 0.15) is 5.82 Å². The summed E-state index contributed by atoms with van der Waals surface area (Å²) >= 11 is 8.92. The quantitative estimate of drug-likeness (QED) is 0.232. The molecule has 2 aromatic carbocycles. The number of allylic oxidation sites excluding steroid dienone is 1. The average Bonchev–Trinajstić information content (AvgIpc) is 2.63. The van der Waals surface area contributed by atoms with E-state index in [4.69, 9.17) is 11.6 Å². The third-order valence-electron chi connectivity index (χ3n) is 3.60. The molecule has 0 radical (unpaired) electrons. The van der Waals surface area contributed by atoms with Crippen LogP contribution in [0.15, 0.2) is 70.0 Å². The second-order valence-corrected chi connectivity index (χ2v) is 8.02. The van der Waals surface area contributed by atoms with E-state index in [1.165, 1.54) is 29.6 Å². The number of fused-ring (bicyclic) bond motifs is 1. The van der Waals surface area contributed by atoms with Gasteiger partial charge in [-0.15, -0.1) is 18.3 Å². The SMILES string of the molecule is C=CCn1c(SCCSc2ccccc2F)nc2ccc(Cl)cc2c1=O. The fourth-order valence-electron chi connectivity index (χ4n) is 2.42. The van der Waals surface area contributed by atoms with Gasteiger partial charge >= 0.3 is 0 Å². The van der Waals surface area contributed by atoms with Gasteiger partial charge in [0.05, 0.1) is 10.9 Å². The Morgan fingerprint density at radius 1 is 1.19 bits per heavy atom. The normalized spacial score (nSPS) is 11.0. The number of nitrogens with zero attached hydrogens (tertiary/aromatic N) is 2. The van der Waals surface area contributed by atoms with Crippen molar-refractivity contribution in [2.45, 2.75) is 16.6 Å². The summed E-state index contributed by atoms with van der Waals surface area (Å²) in [6.07, 6.45) is 1.66. The summed E-state index contributed by atoms with van der Waals surface area (Å²) in [6.45, 7) is 4.09. The molecule has 134 valence electrons. The van der Waals surface area contributed by atoms with Crippen molar-refractivity contribution in [3.8, 4) is 0 Å². The van der Waals surface area contributed by atoms with E-state index < -0.39 is 0 Å². The lowest BCUT2D eigenvalue weighted by Gasteiger charge is -2.11. The van der Waals surface area contributed by atoms with Crippen LogP contribution in [0.4, 0.5) is 4.39 Å². The van der Waals surface area contributed by atoms with Crippen LogP contribution in [-0.2, 0) is 6.54 Å². The zero-order valence-corrected chi connectivity index (χ0v) is 16.2. The number of benzene rings is 2. The van der Waals surface area contributed by atoms with Crippen LogP contribution in [0.2, 0.25) is 5.02 Å². The van der Waals surface area contributed by atoms with Crippen LogP contribution < -0.4 is 5.56 Å². The van der Waals surface area contributed by atoms with Crippen LogP contribution in [-0.4, -0.2) is 21.1 Å². The zero-order chi connectivity index (χ0) is 18.5. The number of halogens is 2. The smallest absolute Gasteiger partial charge is 0.262 e. The molecule has 0 fully saturated rings. The summed E-state index contributed by atoms with van der Waals surface area (Å²) in [6, 6.07) is 11.8. The molecule has 0 atom stereocenters. The molecule has 0 aliphatic heterocycles. The standard InChI is InChI=1S/C19H16ClFN2OS2/c1-2-9-23-18(24)14-12-13(20)7-8-16(14)22-19(23)26-11-10-25-17-6-4-3-5-15(17)21/h2-8,12H,1,9-11H2. The highest BCUT2D eigenvalue weighted by molar-refractivity contribution is 8.02. The molecular formula is C19H16ClFN2OS2. The van der Waals surface area contributed by atoms with Crippen LogP contribution in [0, 0.1) is 5.82 Å². The molecule has 3 rings (SSSR count). The maximum absolute atomic E-state index is 13.7. The summed E-state index contributed by atoms with van der Waals surface area (Å²) in [4.78, 5) is 18.0. The van der Waals surface area contributed by atoms with Crippen molar-refractivity contribution >= 4 is 46.0 Å². The first-order valence-electron chi connectivity index (χ1n) is 7.91. The van der Waals surface area contributed by atoms with Gasteiger partial charge < -0.3 is 0 Å². The van der Waals surface area contributed by atoms with E-state index in [-0.39, 0.29) is 11.4 Å². The third-order valence-corrected chi connectivity index (χ3v) is 6.12. The molecule has 3 nitrogen and oxygen atoms in total. The minimum absolute atomic E-state index is 0.137. The molecule has 0 aliphatic carbocycles. The van der Waals surface area contributed by atoms with Crippen molar-refractivity contribution in [1.29, 1.82) is 0 Å². The molecule has 7 heteroatoms. The van der Waals surface area contributed by atoms with Gasteiger partial charge in [-0.2, -0.15) is 0 Å². The van der Waals surface area contributed by atoms with Crippen LogP contribution in [0.1, 0.15) is 0 Å². The third kappa shape index (κ3) is 4.31. The highest BCUT2D eigenvalue weighted by atomic mass is 35.5. The molecule has 0 saturated heterocycles. The fraction of sp³-hybridized carbons (Fsp3) is 0.158. The highest BCUT2D eigenvalue weighted by Gasteiger charge is 2.11. The van der Waals surface area contributed by atoms with E-state index in [2.05, 4.69) is 11.6 Å². The molecule has 1 aromatic heterocycles. The van der Waals surface area contributed by atoms with E-state index in [0.717, 1.165) is 0 Å². The lowest BCUT2D eigenvalue weighted by atomic mass is 10.2. The lowest BCUT2D eigenvalue weighted by molar-refractivity contribution is 0.602. The summed E-state index contributed by atoms with van der Waals surface area (Å²) < 4.78 is 15.2. The fourth-order valence-corrected chi connectivity index (χ4v) is 4.52. The molecule has 0 N–H and O–H groups in total. The molecule has 0 saturated carbocycles. The van der Waals surface area contributed by atoms with Crippen molar-refractivity contribution < 1.29 is 4.39 Å². The summed E-state index contributed by atoms with van der Waals surface area (Å²) in [5.41, 5.74) is 0.477. The molecule has 0 aliphatic rings. The summed E-state index contributed by atoms with van der Waals surface area (Å²) in [7, 11) is 0. The molecule has 26 heavy (non-hydrogen) atoms.